The van der Waals surface area contributed by atoms with Crippen LogP contribution in [-0.4, -0.2) is 94.2 Å². The van der Waals surface area contributed by atoms with Crippen LogP contribution >= 0.6 is 34.9 Å². The van der Waals surface area contributed by atoms with Crippen molar-refractivity contribution in [1.82, 2.24) is 15.2 Å². The molecule has 33 heavy (non-hydrogen) atoms. The number of nitrogen functional groups attached to an aromatic ring is 1. The molecule has 4 rings (SSSR count). The zero-order chi connectivity index (χ0) is 22.9. The second-order valence-corrected chi connectivity index (χ2v) is 10.9. The number of fused-ring (bicyclic) bond motifs is 1. The smallest absolute Gasteiger partial charge is 0.549 e. The Labute approximate surface area is 223 Å². The molecule has 16 heteroatoms. The van der Waals surface area contributed by atoms with Gasteiger partial charge in [-0.1, -0.05) is 5.16 Å². The number of hydrogen-bond donors (Lipinski definition) is 2. The maximum Gasteiger partial charge on any atom is 1.00 e. The Morgan fingerprint density at radius 1 is 1.45 bits per heavy atom. The second kappa shape index (κ2) is 11.1. The number of anilines is 1. The van der Waals surface area contributed by atoms with Gasteiger partial charge in [0.05, 0.1) is 29.2 Å². The third-order valence-electron chi connectivity index (χ3n) is 5.04. The summed E-state index contributed by atoms with van der Waals surface area (Å²) >= 11 is 3.61. The number of β-lactam (4-membered cyclic amide) rings is 1. The summed E-state index contributed by atoms with van der Waals surface area (Å²) < 4.78 is 9.20. The number of aromatic nitrogens is 1. The zero-order valence-electron chi connectivity index (χ0n) is 17.8. The maximum atomic E-state index is 12.8. The number of nitrogens with zero attached hydrogens (tertiary/aromatic N) is 3. The summed E-state index contributed by atoms with van der Waals surface area (Å²) in [6.07, 6.45) is 0. The third-order valence-corrected chi connectivity index (χ3v) is 8.92. The first-order chi connectivity index (χ1) is 15.3. The first-order valence-electron chi connectivity index (χ1n) is 9.45. The summed E-state index contributed by atoms with van der Waals surface area (Å²) in [5.41, 5.74) is 5.75. The monoisotopic (exact) mass is 525 g/mol. The predicted octanol–water partition coefficient (Wildman–Crippen LogP) is -4.93. The molecule has 3 fully saturated rings. The number of nitrogens with two attached hydrogens (primary N) is 1. The summed E-state index contributed by atoms with van der Waals surface area (Å²) in [5.74, 6) is -2.06. The van der Waals surface area contributed by atoms with Crippen molar-refractivity contribution in [2.45, 2.75) is 21.4 Å². The predicted molar refractivity (Wildman–Crippen MR) is 116 cm³/mol. The fraction of sp³-hybridized carbons (Fsp3) is 0.588. The van der Waals surface area contributed by atoms with Gasteiger partial charge in [-0.25, -0.2) is 4.98 Å². The molecule has 3 aliphatic rings. The van der Waals surface area contributed by atoms with E-state index in [4.69, 9.17) is 20.0 Å². The van der Waals surface area contributed by atoms with Crippen molar-refractivity contribution in [1.29, 1.82) is 0 Å². The normalized spacial score (nSPS) is 27.7. The van der Waals surface area contributed by atoms with Gasteiger partial charge >= 0.3 is 29.6 Å². The van der Waals surface area contributed by atoms with Crippen LogP contribution in [0.1, 0.15) is 5.69 Å². The number of aliphatic carboxylic acids is 1. The van der Waals surface area contributed by atoms with E-state index in [2.05, 4.69) is 15.5 Å². The van der Waals surface area contributed by atoms with Gasteiger partial charge in [0.15, 0.2) is 10.8 Å². The van der Waals surface area contributed by atoms with E-state index in [1.165, 1.54) is 35.5 Å². The molecule has 2 unspecified atom stereocenters. The molecule has 0 saturated carbocycles. The van der Waals surface area contributed by atoms with Crippen LogP contribution in [0.3, 0.4) is 0 Å². The average molecular weight is 526 g/mol. The van der Waals surface area contributed by atoms with E-state index in [9.17, 15) is 19.5 Å². The summed E-state index contributed by atoms with van der Waals surface area (Å²) in [4.78, 5) is 47.8. The van der Waals surface area contributed by atoms with Crippen molar-refractivity contribution in [3.63, 3.8) is 0 Å². The van der Waals surface area contributed by atoms with Crippen LogP contribution < -0.4 is 45.7 Å². The summed E-state index contributed by atoms with van der Waals surface area (Å²) in [5, 5.41) is 19.6. The van der Waals surface area contributed by atoms with E-state index < -0.39 is 28.0 Å². The van der Waals surface area contributed by atoms with Gasteiger partial charge in [0.2, 0.25) is 5.91 Å². The number of carbonyl (C=O) groups excluding carboxylic acids is 3. The van der Waals surface area contributed by atoms with Crippen molar-refractivity contribution >= 4 is 63.5 Å². The Balaban J connectivity index is 0.00000306. The topological polar surface area (TPSA) is 168 Å². The first-order valence-corrected chi connectivity index (χ1v) is 12.3. The SMILES string of the molecule is CON=C(C(=O)NC1C(=O)N2CC(SC3COCOC3)(C(=O)[O-])CS[C@H]12)c1csc(N)n1.[Na+]. The van der Waals surface area contributed by atoms with E-state index in [1.807, 2.05) is 0 Å². The molecule has 0 radical (unpaired) electrons. The Hall–Kier alpha value is -1.07. The van der Waals surface area contributed by atoms with Gasteiger partial charge in [-0.2, -0.15) is 0 Å². The number of thioether (sulfide) groups is 2. The first kappa shape index (κ1) is 26.5. The van der Waals surface area contributed by atoms with Gasteiger partial charge < -0.3 is 40.2 Å². The van der Waals surface area contributed by atoms with Crippen molar-refractivity contribution in [2.24, 2.45) is 5.16 Å². The largest absolute Gasteiger partial charge is 1.00 e. The molecule has 0 spiro atoms. The van der Waals surface area contributed by atoms with Crippen molar-refractivity contribution in [3.8, 4) is 0 Å². The van der Waals surface area contributed by atoms with E-state index >= 15 is 0 Å². The molecule has 0 aliphatic carbocycles. The minimum absolute atomic E-state index is 0. The fourth-order valence-electron chi connectivity index (χ4n) is 3.55. The van der Waals surface area contributed by atoms with Crippen LogP contribution in [0.4, 0.5) is 5.13 Å². The number of amides is 2. The van der Waals surface area contributed by atoms with Crippen LogP contribution in [0, 0.1) is 0 Å². The number of ether oxygens (including phenoxy) is 2. The summed E-state index contributed by atoms with van der Waals surface area (Å²) in [6.45, 7) is 0.882. The number of nitrogens with one attached hydrogen (secondary N) is 1. The van der Waals surface area contributed by atoms with Crippen molar-refractivity contribution in [2.75, 3.05) is 45.1 Å². The molecule has 3 N–H and O–H groups in total. The quantitative estimate of drug-likeness (QED) is 0.151. The van der Waals surface area contributed by atoms with E-state index in [-0.39, 0.29) is 76.3 Å². The van der Waals surface area contributed by atoms with Crippen molar-refractivity contribution in [3.05, 3.63) is 11.1 Å². The molecule has 1 aromatic heterocycles. The summed E-state index contributed by atoms with van der Waals surface area (Å²) in [6, 6.07) is -0.823. The molecule has 3 saturated heterocycles. The Kier molecular flexibility index (Phi) is 8.94. The molecule has 1 aromatic rings. The Morgan fingerprint density at radius 3 is 2.79 bits per heavy atom. The van der Waals surface area contributed by atoms with Crippen LogP contribution in [0.2, 0.25) is 0 Å². The minimum atomic E-state index is -1.29. The van der Waals surface area contributed by atoms with Crippen LogP contribution in [0.15, 0.2) is 10.5 Å². The molecule has 0 aromatic carbocycles. The minimum Gasteiger partial charge on any atom is -0.549 e. The molecule has 3 aliphatic heterocycles. The van der Waals surface area contributed by atoms with Gasteiger partial charge in [-0.3, -0.25) is 9.59 Å². The second-order valence-electron chi connectivity index (χ2n) is 7.19. The third kappa shape index (κ3) is 5.45. The molecule has 3 atom stereocenters. The van der Waals surface area contributed by atoms with E-state index in [0.717, 1.165) is 11.3 Å². The molecular formula is C17H20N5NaO7S3. The van der Waals surface area contributed by atoms with Gasteiger partial charge in [0.1, 0.15) is 31.0 Å². The standard InChI is InChI=1S/C17H21N5O7S3.Na/c1-27-21-10(9-4-30-16(18)19-9)12(23)20-11-13(24)22-5-17(15(25)26,6-31-14(11)22)32-8-2-28-7-29-3-8;/h4,8,11,14H,2-3,5-7H2,1H3,(H2,18,19)(H,20,23)(H,25,26);/q;+1/p-1/t11?,14-,17?;/m1./s1. The average Bonchev–Trinajstić information content (AvgIpc) is 3.22. The number of rotatable bonds is 7. The van der Waals surface area contributed by atoms with Crippen LogP contribution in [0.5, 0.6) is 0 Å². The molecule has 12 nitrogen and oxygen atoms in total. The number of carbonyl (C=O) groups is 3. The van der Waals surface area contributed by atoms with Gasteiger partial charge in [-0.05, 0) is 0 Å². The Morgan fingerprint density at radius 2 is 2.18 bits per heavy atom. The molecule has 2 amide bonds. The number of oxime groups is 1. The number of carboxylic acid groups (broad SMARTS) is 1. The molecule has 174 valence electrons. The fourth-order valence-corrected chi connectivity index (χ4v) is 7.23. The van der Waals surface area contributed by atoms with E-state index in [0.29, 0.717) is 13.2 Å². The van der Waals surface area contributed by atoms with Crippen LogP contribution in [-0.2, 0) is 28.7 Å². The van der Waals surface area contributed by atoms with Crippen molar-refractivity contribution < 1.29 is 63.4 Å². The van der Waals surface area contributed by atoms with E-state index in [1.54, 1.807) is 5.38 Å². The Bertz CT molecular complexity index is 944. The van der Waals surface area contributed by atoms with Crippen LogP contribution in [0.25, 0.3) is 0 Å². The van der Waals surface area contributed by atoms with Gasteiger partial charge in [0, 0.05) is 17.7 Å². The maximum absolute atomic E-state index is 12.8. The number of thiazole rings is 1. The molecule has 4 heterocycles. The number of hydrogen-bond acceptors (Lipinski definition) is 13. The molecular weight excluding hydrogens is 505 g/mol. The van der Waals surface area contributed by atoms with Gasteiger partial charge in [0.25, 0.3) is 5.91 Å². The summed E-state index contributed by atoms with van der Waals surface area (Å²) in [7, 11) is 1.29. The zero-order valence-corrected chi connectivity index (χ0v) is 22.3. The molecule has 0 bridgehead atoms. The van der Waals surface area contributed by atoms with Gasteiger partial charge in [-0.15, -0.1) is 34.9 Å². The number of carboxylic acids is 1.